The zero-order valence-corrected chi connectivity index (χ0v) is 12.9. The van der Waals surface area contributed by atoms with Gasteiger partial charge in [-0.2, -0.15) is 0 Å². The topological polar surface area (TPSA) is 38.0 Å². The van der Waals surface area contributed by atoms with Gasteiger partial charge in [0.2, 0.25) is 0 Å². The normalized spacial score (nSPS) is 12.7. The van der Waals surface area contributed by atoms with Gasteiger partial charge in [-0.25, -0.2) is 9.82 Å². The molecule has 3 N–H and O–H groups in total. The van der Waals surface area contributed by atoms with Crippen molar-refractivity contribution in [2.24, 2.45) is 11.8 Å². The summed E-state index contributed by atoms with van der Waals surface area (Å²) < 4.78 is 13.4. The first-order valence-corrected chi connectivity index (χ1v) is 7.32. The predicted molar refractivity (Wildman–Crippen MR) is 85.3 cm³/mol. The van der Waals surface area contributed by atoms with Gasteiger partial charge in [-0.3, -0.25) is 5.84 Å². The molecule has 0 heterocycles. The van der Waals surface area contributed by atoms with Crippen LogP contribution < -0.4 is 11.3 Å². The molecule has 0 aliphatic carbocycles. The van der Waals surface area contributed by atoms with Crippen LogP contribution in [-0.4, -0.2) is 0 Å². The van der Waals surface area contributed by atoms with E-state index in [0.717, 1.165) is 17.5 Å². The molecule has 0 aromatic heterocycles. The highest BCUT2D eigenvalue weighted by Crippen LogP contribution is 2.24. The van der Waals surface area contributed by atoms with Gasteiger partial charge in [0.05, 0.1) is 6.04 Å². The highest BCUT2D eigenvalue weighted by molar-refractivity contribution is 5.36. The van der Waals surface area contributed by atoms with Crippen LogP contribution in [0.1, 0.15) is 42.1 Å². The van der Waals surface area contributed by atoms with Crippen molar-refractivity contribution in [3.63, 3.8) is 0 Å². The summed E-state index contributed by atoms with van der Waals surface area (Å²) in [6.07, 6.45) is 1.04. The Labute approximate surface area is 126 Å². The summed E-state index contributed by atoms with van der Waals surface area (Å²) in [7, 11) is 0. The monoisotopic (exact) mass is 286 g/mol. The average molecular weight is 286 g/mol. The Bertz CT molecular complexity index is 608. The maximum Gasteiger partial charge on any atom is 0.126 e. The Balaban J connectivity index is 2.34. The molecule has 2 aromatic rings. The largest absolute Gasteiger partial charge is 0.271 e. The molecule has 2 rings (SSSR count). The van der Waals surface area contributed by atoms with E-state index in [1.165, 1.54) is 11.6 Å². The molecule has 0 saturated carbocycles. The number of benzene rings is 2. The molecule has 0 fully saturated rings. The fourth-order valence-corrected chi connectivity index (χ4v) is 2.60. The number of rotatable bonds is 5. The zero-order valence-electron chi connectivity index (χ0n) is 12.9. The van der Waals surface area contributed by atoms with E-state index < -0.39 is 0 Å². The third-order valence-corrected chi connectivity index (χ3v) is 3.61. The van der Waals surface area contributed by atoms with Crippen LogP contribution in [-0.2, 0) is 6.42 Å². The van der Waals surface area contributed by atoms with Crippen molar-refractivity contribution >= 4 is 0 Å². The maximum atomic E-state index is 13.4. The minimum atomic E-state index is -0.192. The Kier molecular flexibility index (Phi) is 5.10. The van der Waals surface area contributed by atoms with Crippen molar-refractivity contribution in [2.75, 3.05) is 0 Å². The van der Waals surface area contributed by atoms with Gasteiger partial charge < -0.3 is 0 Å². The molecule has 21 heavy (non-hydrogen) atoms. The van der Waals surface area contributed by atoms with Crippen LogP contribution in [0.5, 0.6) is 0 Å². The molecular weight excluding hydrogens is 263 g/mol. The van der Waals surface area contributed by atoms with Crippen molar-refractivity contribution in [2.45, 2.75) is 33.2 Å². The first-order chi connectivity index (χ1) is 10.0. The van der Waals surface area contributed by atoms with Crippen LogP contribution >= 0.6 is 0 Å². The zero-order chi connectivity index (χ0) is 15.4. The molecule has 2 aromatic carbocycles. The maximum absolute atomic E-state index is 13.4. The molecule has 0 aliphatic heterocycles. The molecule has 0 spiro atoms. The Morgan fingerprint density at radius 1 is 1.10 bits per heavy atom. The van der Waals surface area contributed by atoms with Gasteiger partial charge in [0, 0.05) is 0 Å². The molecular formula is C18H23FN2. The molecule has 112 valence electrons. The van der Waals surface area contributed by atoms with Gasteiger partial charge in [0.15, 0.2) is 0 Å². The summed E-state index contributed by atoms with van der Waals surface area (Å²) in [5.41, 5.74) is 6.83. The number of nitrogens with two attached hydrogens (primary N) is 1. The molecule has 1 unspecified atom stereocenters. The number of hydrogen-bond acceptors (Lipinski definition) is 2. The van der Waals surface area contributed by atoms with E-state index in [9.17, 15) is 4.39 Å². The lowest BCUT2D eigenvalue weighted by Crippen LogP contribution is -2.29. The van der Waals surface area contributed by atoms with E-state index in [1.807, 2.05) is 18.2 Å². The van der Waals surface area contributed by atoms with E-state index in [4.69, 9.17) is 5.84 Å². The Morgan fingerprint density at radius 3 is 2.43 bits per heavy atom. The van der Waals surface area contributed by atoms with Crippen LogP contribution in [0.15, 0.2) is 42.5 Å². The molecule has 2 nitrogen and oxygen atoms in total. The van der Waals surface area contributed by atoms with Crippen molar-refractivity contribution in [1.29, 1.82) is 0 Å². The van der Waals surface area contributed by atoms with Crippen LogP contribution in [0.25, 0.3) is 0 Å². The van der Waals surface area contributed by atoms with E-state index in [1.54, 1.807) is 13.0 Å². The predicted octanol–water partition coefficient (Wildman–Crippen LogP) is 3.89. The summed E-state index contributed by atoms with van der Waals surface area (Å²) in [4.78, 5) is 0. The molecule has 0 radical (unpaired) electrons. The molecule has 1 atom stereocenters. The number of halogens is 1. The van der Waals surface area contributed by atoms with Gasteiger partial charge in [-0.15, -0.1) is 0 Å². The molecule has 0 saturated heterocycles. The number of hydrogen-bond donors (Lipinski definition) is 2. The van der Waals surface area contributed by atoms with Gasteiger partial charge in [0.1, 0.15) is 5.82 Å². The lowest BCUT2D eigenvalue weighted by molar-refractivity contribution is 0.606. The van der Waals surface area contributed by atoms with Crippen LogP contribution in [0, 0.1) is 18.7 Å². The van der Waals surface area contributed by atoms with Crippen LogP contribution in [0.3, 0.4) is 0 Å². The summed E-state index contributed by atoms with van der Waals surface area (Å²) in [5.74, 6) is 6.15. The fraction of sp³-hybridized carbons (Fsp3) is 0.333. The average Bonchev–Trinajstić information content (AvgIpc) is 2.43. The number of nitrogens with one attached hydrogen (secondary N) is 1. The van der Waals surface area contributed by atoms with Gasteiger partial charge in [-0.05, 0) is 47.6 Å². The van der Waals surface area contributed by atoms with Crippen LogP contribution in [0.4, 0.5) is 4.39 Å². The second-order valence-electron chi connectivity index (χ2n) is 5.95. The Morgan fingerprint density at radius 2 is 1.81 bits per heavy atom. The number of aryl methyl sites for hydroxylation is 1. The van der Waals surface area contributed by atoms with Crippen LogP contribution in [0.2, 0.25) is 0 Å². The highest BCUT2D eigenvalue weighted by Gasteiger charge is 2.14. The lowest BCUT2D eigenvalue weighted by atomic mass is 9.94. The fourth-order valence-electron chi connectivity index (χ4n) is 2.60. The molecule has 0 bridgehead atoms. The minimum Gasteiger partial charge on any atom is -0.271 e. The van der Waals surface area contributed by atoms with Crippen molar-refractivity contribution in [3.05, 3.63) is 70.5 Å². The summed E-state index contributed by atoms with van der Waals surface area (Å²) in [6.45, 7) is 6.17. The van der Waals surface area contributed by atoms with Crippen molar-refractivity contribution in [1.82, 2.24) is 5.43 Å². The standard InChI is InChI=1S/C18H23FN2/c1-12(2)9-14-5-4-6-15(11-14)18(21-20)16-7-8-17(19)13(3)10-16/h4-8,10-12,18,21H,9,20H2,1-3H3. The lowest BCUT2D eigenvalue weighted by Gasteiger charge is -2.19. The second-order valence-corrected chi connectivity index (χ2v) is 5.95. The third-order valence-electron chi connectivity index (χ3n) is 3.61. The quantitative estimate of drug-likeness (QED) is 0.646. The first kappa shape index (κ1) is 15.7. The van der Waals surface area contributed by atoms with E-state index in [-0.39, 0.29) is 11.9 Å². The second kappa shape index (κ2) is 6.83. The number of hydrazine groups is 1. The van der Waals surface area contributed by atoms with Gasteiger partial charge in [0.25, 0.3) is 0 Å². The minimum absolute atomic E-state index is 0.128. The molecule has 0 aliphatic rings. The first-order valence-electron chi connectivity index (χ1n) is 7.32. The Hall–Kier alpha value is -1.71. The summed E-state index contributed by atoms with van der Waals surface area (Å²) >= 11 is 0. The van der Waals surface area contributed by atoms with Gasteiger partial charge >= 0.3 is 0 Å². The SMILES string of the molecule is Cc1cc(C(NN)c2cccc(CC(C)C)c2)ccc1F. The van der Waals surface area contributed by atoms with E-state index in [0.29, 0.717) is 11.5 Å². The third kappa shape index (κ3) is 3.90. The van der Waals surface area contributed by atoms with Crippen molar-refractivity contribution < 1.29 is 4.39 Å². The molecule has 3 heteroatoms. The van der Waals surface area contributed by atoms with Gasteiger partial charge in [-0.1, -0.05) is 50.2 Å². The van der Waals surface area contributed by atoms with E-state index >= 15 is 0 Å². The summed E-state index contributed by atoms with van der Waals surface area (Å²) in [6, 6.07) is 13.4. The smallest absolute Gasteiger partial charge is 0.126 e. The van der Waals surface area contributed by atoms with Crippen molar-refractivity contribution in [3.8, 4) is 0 Å². The molecule has 0 amide bonds. The highest BCUT2D eigenvalue weighted by atomic mass is 19.1. The summed E-state index contributed by atoms with van der Waals surface area (Å²) in [5, 5.41) is 0. The van der Waals surface area contributed by atoms with E-state index in [2.05, 4.69) is 31.4 Å².